The molecule has 0 saturated carbocycles. The zero-order valence-electron chi connectivity index (χ0n) is 12.7. The molecule has 0 fully saturated rings. The number of fused-ring (bicyclic) bond motifs is 3. The Morgan fingerprint density at radius 2 is 1.29 bits per heavy atom. The van der Waals surface area contributed by atoms with Crippen LogP contribution in [0.1, 0.15) is 43.3 Å². The van der Waals surface area contributed by atoms with Crippen LogP contribution in [0, 0.1) is 0 Å². The molecule has 0 amide bonds. The van der Waals surface area contributed by atoms with Crippen LogP contribution in [0.5, 0.6) is 0 Å². The minimum atomic E-state index is 0.115. The van der Waals surface area contributed by atoms with Crippen LogP contribution in [0.15, 0.2) is 65.1 Å². The van der Waals surface area contributed by atoms with Crippen molar-refractivity contribution in [2.45, 2.75) is 5.92 Å². The van der Waals surface area contributed by atoms with E-state index in [4.69, 9.17) is 0 Å². The molecule has 2 nitrogen and oxygen atoms in total. The normalized spacial score (nSPS) is 14.8. The molecule has 0 N–H and O–H groups in total. The van der Waals surface area contributed by atoms with E-state index in [2.05, 4.69) is 28.1 Å². The summed E-state index contributed by atoms with van der Waals surface area (Å²) in [7, 11) is 0. The molecule has 1 aliphatic rings. The van der Waals surface area contributed by atoms with Gasteiger partial charge in [0.15, 0.2) is 0 Å². The zero-order chi connectivity index (χ0) is 16.7. The summed E-state index contributed by atoms with van der Waals surface area (Å²) in [5.74, 6) is 0.115. The number of aldehydes is 2. The Morgan fingerprint density at radius 1 is 0.708 bits per heavy atom. The molecule has 3 aromatic carbocycles. The average molecular weight is 377 g/mol. The predicted octanol–water partition coefficient (Wildman–Crippen LogP) is 5.23. The summed E-state index contributed by atoms with van der Waals surface area (Å²) in [6, 6.07) is 19.8. The Hall–Kier alpha value is -2.52. The SMILES string of the molecule is O=Cc1ccc(C2c3ccc(Br)cc3-c3cc(C=O)ccc32)cc1. The molecule has 0 aromatic heterocycles. The van der Waals surface area contributed by atoms with Gasteiger partial charge in [0.1, 0.15) is 12.6 Å². The molecule has 0 heterocycles. The maximum Gasteiger partial charge on any atom is 0.150 e. The molecule has 3 heteroatoms. The fraction of sp³-hybridized carbons (Fsp3) is 0.0476. The Balaban J connectivity index is 1.95. The van der Waals surface area contributed by atoms with Crippen molar-refractivity contribution in [2.24, 2.45) is 0 Å². The quantitative estimate of drug-likeness (QED) is 0.458. The fourth-order valence-corrected chi connectivity index (χ4v) is 3.80. The van der Waals surface area contributed by atoms with Crippen LogP contribution in [0.4, 0.5) is 0 Å². The van der Waals surface area contributed by atoms with Crippen LogP contribution in [-0.2, 0) is 0 Å². The second-order valence-corrected chi connectivity index (χ2v) is 6.83. The van der Waals surface area contributed by atoms with Crippen LogP contribution in [0.3, 0.4) is 0 Å². The number of carbonyl (C=O) groups excluding carboxylic acids is 2. The highest BCUT2D eigenvalue weighted by atomic mass is 79.9. The highest BCUT2D eigenvalue weighted by molar-refractivity contribution is 9.10. The molecular formula is C21H13BrO2. The minimum absolute atomic E-state index is 0.115. The Bertz CT molecular complexity index is 958. The monoisotopic (exact) mass is 376 g/mol. The van der Waals surface area contributed by atoms with E-state index < -0.39 is 0 Å². The van der Waals surface area contributed by atoms with Gasteiger partial charge in [-0.05, 0) is 46.0 Å². The molecule has 1 atom stereocenters. The number of benzene rings is 3. The van der Waals surface area contributed by atoms with E-state index in [1.54, 1.807) is 0 Å². The fourth-order valence-electron chi connectivity index (χ4n) is 3.44. The van der Waals surface area contributed by atoms with Crippen molar-refractivity contribution >= 4 is 28.5 Å². The molecule has 0 saturated heterocycles. The van der Waals surface area contributed by atoms with Crippen molar-refractivity contribution in [3.05, 3.63) is 93.0 Å². The zero-order valence-corrected chi connectivity index (χ0v) is 14.3. The van der Waals surface area contributed by atoms with Crippen molar-refractivity contribution in [1.29, 1.82) is 0 Å². The van der Waals surface area contributed by atoms with Crippen LogP contribution < -0.4 is 0 Å². The van der Waals surface area contributed by atoms with Crippen LogP contribution >= 0.6 is 15.9 Å². The molecule has 1 aliphatic carbocycles. The molecule has 0 spiro atoms. The first-order chi connectivity index (χ1) is 11.7. The van der Waals surface area contributed by atoms with Gasteiger partial charge in [0.05, 0.1) is 0 Å². The predicted molar refractivity (Wildman–Crippen MR) is 97.7 cm³/mol. The standard InChI is InChI=1S/C21H13BrO2/c22-16-6-8-18-20(10-16)19-9-14(12-24)3-7-17(19)21(18)15-4-1-13(11-23)2-5-15/h1-12,21H. The van der Waals surface area contributed by atoms with E-state index in [0.29, 0.717) is 11.1 Å². The minimum Gasteiger partial charge on any atom is -0.298 e. The summed E-state index contributed by atoms with van der Waals surface area (Å²) in [4.78, 5) is 22.1. The summed E-state index contributed by atoms with van der Waals surface area (Å²) in [5.41, 5.74) is 7.14. The average Bonchev–Trinajstić information content (AvgIpc) is 2.94. The number of halogens is 1. The highest BCUT2D eigenvalue weighted by Crippen LogP contribution is 2.48. The second kappa shape index (κ2) is 5.84. The molecule has 24 heavy (non-hydrogen) atoms. The van der Waals surface area contributed by atoms with Crippen LogP contribution in [-0.4, -0.2) is 12.6 Å². The van der Waals surface area contributed by atoms with Gasteiger partial charge in [0.25, 0.3) is 0 Å². The van der Waals surface area contributed by atoms with Gasteiger partial charge < -0.3 is 0 Å². The maximum absolute atomic E-state index is 11.2. The number of carbonyl (C=O) groups is 2. The molecule has 4 rings (SSSR count). The smallest absolute Gasteiger partial charge is 0.150 e. The molecule has 0 radical (unpaired) electrons. The number of rotatable bonds is 3. The van der Waals surface area contributed by atoms with Crippen LogP contribution in [0.2, 0.25) is 0 Å². The van der Waals surface area contributed by atoms with Gasteiger partial charge >= 0.3 is 0 Å². The lowest BCUT2D eigenvalue weighted by Gasteiger charge is -2.14. The van der Waals surface area contributed by atoms with Crippen LogP contribution in [0.25, 0.3) is 11.1 Å². The lowest BCUT2D eigenvalue weighted by atomic mass is 9.89. The first-order valence-corrected chi connectivity index (χ1v) is 8.44. The summed E-state index contributed by atoms with van der Waals surface area (Å²) < 4.78 is 1.01. The first-order valence-electron chi connectivity index (χ1n) is 7.65. The third kappa shape index (κ3) is 2.33. The highest BCUT2D eigenvalue weighted by Gasteiger charge is 2.30. The summed E-state index contributed by atoms with van der Waals surface area (Å²) >= 11 is 3.54. The van der Waals surface area contributed by atoms with Gasteiger partial charge in [-0.25, -0.2) is 0 Å². The van der Waals surface area contributed by atoms with Gasteiger partial charge in [-0.2, -0.15) is 0 Å². The van der Waals surface area contributed by atoms with Gasteiger partial charge in [-0.15, -0.1) is 0 Å². The van der Waals surface area contributed by atoms with Gasteiger partial charge in [0.2, 0.25) is 0 Å². The van der Waals surface area contributed by atoms with E-state index in [0.717, 1.165) is 33.7 Å². The van der Waals surface area contributed by atoms with Crippen molar-refractivity contribution < 1.29 is 9.59 Å². The third-order valence-electron chi connectivity index (χ3n) is 4.55. The van der Waals surface area contributed by atoms with E-state index in [1.807, 2.05) is 48.5 Å². The van der Waals surface area contributed by atoms with Crippen molar-refractivity contribution in [2.75, 3.05) is 0 Å². The van der Waals surface area contributed by atoms with E-state index in [1.165, 1.54) is 11.1 Å². The maximum atomic E-state index is 11.2. The number of hydrogen-bond donors (Lipinski definition) is 0. The largest absolute Gasteiger partial charge is 0.298 e. The van der Waals surface area contributed by atoms with Gasteiger partial charge in [-0.1, -0.05) is 58.4 Å². The van der Waals surface area contributed by atoms with Gasteiger partial charge in [-0.3, -0.25) is 9.59 Å². The van der Waals surface area contributed by atoms with Crippen molar-refractivity contribution in [1.82, 2.24) is 0 Å². The Labute approximate surface area is 148 Å². The summed E-state index contributed by atoms with van der Waals surface area (Å²) in [6.07, 6.45) is 1.73. The van der Waals surface area contributed by atoms with E-state index >= 15 is 0 Å². The first kappa shape index (κ1) is 15.0. The molecular weight excluding hydrogens is 364 g/mol. The number of hydrogen-bond acceptors (Lipinski definition) is 2. The lowest BCUT2D eigenvalue weighted by Crippen LogP contribution is -1.99. The van der Waals surface area contributed by atoms with E-state index in [-0.39, 0.29) is 5.92 Å². The second-order valence-electron chi connectivity index (χ2n) is 5.91. The molecule has 116 valence electrons. The van der Waals surface area contributed by atoms with Crippen molar-refractivity contribution in [3.63, 3.8) is 0 Å². The third-order valence-corrected chi connectivity index (χ3v) is 5.04. The Morgan fingerprint density at radius 3 is 1.96 bits per heavy atom. The molecule has 3 aromatic rings. The van der Waals surface area contributed by atoms with Crippen molar-refractivity contribution in [3.8, 4) is 11.1 Å². The lowest BCUT2D eigenvalue weighted by molar-refractivity contribution is 0.111. The topological polar surface area (TPSA) is 34.1 Å². The molecule has 1 unspecified atom stereocenters. The molecule has 0 bridgehead atoms. The molecule has 0 aliphatic heterocycles. The van der Waals surface area contributed by atoms with E-state index in [9.17, 15) is 9.59 Å². The summed E-state index contributed by atoms with van der Waals surface area (Å²) in [6.45, 7) is 0. The summed E-state index contributed by atoms with van der Waals surface area (Å²) in [5, 5.41) is 0. The van der Waals surface area contributed by atoms with Gasteiger partial charge in [0, 0.05) is 21.5 Å². The Kier molecular flexibility index (Phi) is 3.66.